The molecule has 1 N–H and O–H groups in total. The van der Waals surface area contributed by atoms with Gasteiger partial charge in [-0.25, -0.2) is 9.69 Å². The van der Waals surface area contributed by atoms with Gasteiger partial charge in [0.15, 0.2) is 0 Å². The van der Waals surface area contributed by atoms with Crippen LogP contribution in [0.4, 0.5) is 10.5 Å². The Hall–Kier alpha value is -3.94. The number of anilines is 1. The molecule has 1 heterocycles. The van der Waals surface area contributed by atoms with Crippen LogP contribution in [0.5, 0.6) is 5.75 Å². The number of nitrogens with zero attached hydrogens (tertiary/aromatic N) is 1. The summed E-state index contributed by atoms with van der Waals surface area (Å²) >= 11 is 9.66. The van der Waals surface area contributed by atoms with Crippen LogP contribution in [0.15, 0.2) is 82.8 Å². The first-order chi connectivity index (χ1) is 18.2. The topological polar surface area (TPSA) is 75.7 Å². The largest absolute Gasteiger partial charge is 0.488 e. The molecule has 4 aromatic rings. The van der Waals surface area contributed by atoms with E-state index >= 15 is 0 Å². The van der Waals surface area contributed by atoms with Crippen LogP contribution >= 0.6 is 27.5 Å². The average Bonchev–Trinajstić information content (AvgIpc) is 2.88. The molecule has 0 bridgehead atoms. The summed E-state index contributed by atoms with van der Waals surface area (Å²) in [7, 11) is 0. The second kappa shape index (κ2) is 10.4. The number of carbonyl (C=O) groups is 3. The summed E-state index contributed by atoms with van der Waals surface area (Å²) < 4.78 is 7.02. The molecular weight excluding hydrogens is 568 g/mol. The third-order valence-electron chi connectivity index (χ3n) is 6.42. The van der Waals surface area contributed by atoms with E-state index in [9.17, 15) is 14.4 Å². The van der Waals surface area contributed by atoms with Crippen molar-refractivity contribution in [3.05, 3.63) is 110 Å². The Bertz CT molecular complexity index is 1660. The number of rotatable bonds is 5. The molecule has 0 radical (unpaired) electrons. The predicted octanol–water partition coefficient (Wildman–Crippen LogP) is 7.12. The Morgan fingerprint density at radius 1 is 0.947 bits per heavy atom. The van der Waals surface area contributed by atoms with Gasteiger partial charge in [0.1, 0.15) is 17.9 Å². The first-order valence-corrected chi connectivity index (χ1v) is 13.0. The summed E-state index contributed by atoms with van der Waals surface area (Å²) in [4.78, 5) is 39.8. The van der Waals surface area contributed by atoms with Crippen molar-refractivity contribution < 1.29 is 19.1 Å². The summed E-state index contributed by atoms with van der Waals surface area (Å²) in [6.45, 7) is 4.07. The lowest BCUT2D eigenvalue weighted by Gasteiger charge is -2.27. The fraction of sp³-hybridized carbons (Fsp3) is 0.100. The molecule has 8 heteroatoms. The summed E-state index contributed by atoms with van der Waals surface area (Å²) in [5.74, 6) is -1.08. The van der Waals surface area contributed by atoms with E-state index < -0.39 is 17.8 Å². The second-order valence-electron chi connectivity index (χ2n) is 8.94. The van der Waals surface area contributed by atoms with Crippen LogP contribution in [0.25, 0.3) is 16.8 Å². The number of ether oxygens (including phenoxy) is 1. The Kier molecular flexibility index (Phi) is 7.06. The quantitative estimate of drug-likeness (QED) is 0.199. The molecule has 6 nitrogen and oxygen atoms in total. The SMILES string of the molecule is Cc1cc(Br)ccc1N1C(=O)NC(=O)/C(=C/c2cc(Cl)ccc2OCc2c(C)ccc3ccccc23)C1=O. The molecule has 1 fully saturated rings. The number of halogens is 2. The Morgan fingerprint density at radius 3 is 2.53 bits per heavy atom. The standard InChI is InChI=1S/C30H22BrClN2O4/c1-17-7-8-19-5-3-4-6-23(19)25(17)16-38-27-12-10-22(32)14-20(27)15-24-28(35)33-30(37)34(29(24)36)26-11-9-21(31)13-18(26)2/h3-15H,16H2,1-2H3,(H,33,35,37)/b24-15-. The van der Waals surface area contributed by atoms with Crippen molar-refractivity contribution in [2.45, 2.75) is 20.5 Å². The maximum absolute atomic E-state index is 13.4. The molecule has 0 atom stereocenters. The Morgan fingerprint density at radius 2 is 1.74 bits per heavy atom. The fourth-order valence-corrected chi connectivity index (χ4v) is 5.11. The highest BCUT2D eigenvalue weighted by Gasteiger charge is 2.37. The number of urea groups is 1. The Balaban J connectivity index is 1.51. The predicted molar refractivity (Wildman–Crippen MR) is 152 cm³/mol. The zero-order valence-electron chi connectivity index (χ0n) is 20.5. The number of nitrogens with one attached hydrogen (secondary N) is 1. The summed E-state index contributed by atoms with van der Waals surface area (Å²) in [6.07, 6.45) is 1.41. The zero-order valence-corrected chi connectivity index (χ0v) is 22.9. The first kappa shape index (κ1) is 25.7. The smallest absolute Gasteiger partial charge is 0.335 e. The minimum Gasteiger partial charge on any atom is -0.488 e. The van der Waals surface area contributed by atoms with Gasteiger partial charge in [0.05, 0.1) is 5.69 Å². The van der Waals surface area contributed by atoms with Crippen LogP contribution in [0.1, 0.15) is 22.3 Å². The molecule has 38 heavy (non-hydrogen) atoms. The number of aryl methyl sites for hydroxylation is 2. The van der Waals surface area contributed by atoms with E-state index in [-0.39, 0.29) is 12.2 Å². The van der Waals surface area contributed by atoms with Gasteiger partial charge in [0.25, 0.3) is 11.8 Å². The normalized spacial score (nSPS) is 14.8. The highest BCUT2D eigenvalue weighted by molar-refractivity contribution is 9.10. The lowest BCUT2D eigenvalue weighted by atomic mass is 10.0. The van der Waals surface area contributed by atoms with Crippen molar-refractivity contribution in [3.63, 3.8) is 0 Å². The molecule has 1 saturated heterocycles. The van der Waals surface area contributed by atoms with E-state index in [4.69, 9.17) is 16.3 Å². The van der Waals surface area contributed by atoms with E-state index in [1.807, 2.05) is 37.3 Å². The molecule has 0 aromatic heterocycles. The number of fused-ring (bicyclic) bond motifs is 1. The van der Waals surface area contributed by atoms with Gasteiger partial charge in [-0.05, 0) is 78.2 Å². The molecule has 0 unspecified atom stereocenters. The average molecular weight is 590 g/mol. The molecule has 4 amide bonds. The lowest BCUT2D eigenvalue weighted by Crippen LogP contribution is -2.54. The van der Waals surface area contributed by atoms with Gasteiger partial charge in [0.2, 0.25) is 0 Å². The molecule has 1 aliphatic rings. The molecule has 5 rings (SSSR count). The Labute approximate surface area is 233 Å². The molecule has 190 valence electrons. The van der Waals surface area contributed by atoms with E-state index in [0.717, 1.165) is 31.3 Å². The van der Waals surface area contributed by atoms with Crippen molar-refractivity contribution in [1.82, 2.24) is 5.32 Å². The van der Waals surface area contributed by atoms with Gasteiger partial charge < -0.3 is 4.74 Å². The number of amides is 4. The molecule has 0 spiro atoms. The van der Waals surface area contributed by atoms with Crippen LogP contribution in [-0.4, -0.2) is 17.8 Å². The minimum atomic E-state index is -0.809. The van der Waals surface area contributed by atoms with Crippen molar-refractivity contribution >= 4 is 67.9 Å². The monoisotopic (exact) mass is 588 g/mol. The van der Waals surface area contributed by atoms with Crippen LogP contribution in [0.2, 0.25) is 5.02 Å². The van der Waals surface area contributed by atoms with Gasteiger partial charge in [0, 0.05) is 20.6 Å². The third-order valence-corrected chi connectivity index (χ3v) is 7.15. The highest BCUT2D eigenvalue weighted by atomic mass is 79.9. The second-order valence-corrected chi connectivity index (χ2v) is 10.3. The van der Waals surface area contributed by atoms with Gasteiger partial charge in [-0.15, -0.1) is 0 Å². The number of barbiturate groups is 1. The van der Waals surface area contributed by atoms with Crippen LogP contribution in [0.3, 0.4) is 0 Å². The van der Waals surface area contributed by atoms with E-state index in [2.05, 4.69) is 27.3 Å². The number of hydrogen-bond acceptors (Lipinski definition) is 4. The maximum Gasteiger partial charge on any atom is 0.335 e. The molecule has 0 saturated carbocycles. The summed E-state index contributed by atoms with van der Waals surface area (Å²) in [6, 6.07) is 21.5. The van der Waals surface area contributed by atoms with Gasteiger partial charge in [-0.1, -0.05) is 63.9 Å². The zero-order chi connectivity index (χ0) is 27.0. The number of benzene rings is 4. The van der Waals surface area contributed by atoms with Crippen molar-refractivity contribution in [3.8, 4) is 5.75 Å². The van der Waals surface area contributed by atoms with Crippen LogP contribution in [-0.2, 0) is 16.2 Å². The molecule has 0 aliphatic carbocycles. The van der Waals surface area contributed by atoms with E-state index in [0.29, 0.717) is 27.6 Å². The molecule has 1 aliphatic heterocycles. The fourth-order valence-electron chi connectivity index (χ4n) is 4.45. The number of hydrogen-bond donors (Lipinski definition) is 1. The molecule has 4 aromatic carbocycles. The van der Waals surface area contributed by atoms with Gasteiger partial charge in [-0.3, -0.25) is 14.9 Å². The number of carbonyl (C=O) groups excluding carboxylic acids is 3. The van der Waals surface area contributed by atoms with Crippen molar-refractivity contribution in [2.75, 3.05) is 4.90 Å². The first-order valence-electron chi connectivity index (χ1n) is 11.8. The van der Waals surface area contributed by atoms with Crippen molar-refractivity contribution in [1.29, 1.82) is 0 Å². The minimum absolute atomic E-state index is 0.208. The molecular formula is C30H22BrClN2O4. The third kappa shape index (κ3) is 4.95. The van der Waals surface area contributed by atoms with Crippen LogP contribution < -0.4 is 15.0 Å². The lowest BCUT2D eigenvalue weighted by molar-refractivity contribution is -0.122. The van der Waals surface area contributed by atoms with Crippen LogP contribution in [0, 0.1) is 13.8 Å². The highest BCUT2D eigenvalue weighted by Crippen LogP contribution is 2.31. The van der Waals surface area contributed by atoms with E-state index in [1.165, 1.54) is 6.08 Å². The van der Waals surface area contributed by atoms with Gasteiger partial charge in [-0.2, -0.15) is 0 Å². The van der Waals surface area contributed by atoms with Crippen molar-refractivity contribution in [2.24, 2.45) is 0 Å². The summed E-state index contributed by atoms with van der Waals surface area (Å²) in [5.41, 5.74) is 3.41. The maximum atomic E-state index is 13.4. The summed E-state index contributed by atoms with van der Waals surface area (Å²) in [5, 5.41) is 4.86. The van der Waals surface area contributed by atoms with E-state index in [1.54, 1.807) is 43.3 Å². The number of imide groups is 2. The van der Waals surface area contributed by atoms with Gasteiger partial charge >= 0.3 is 6.03 Å².